The molecule has 0 spiro atoms. The van der Waals surface area contributed by atoms with Crippen molar-refractivity contribution in [1.29, 1.82) is 0 Å². The first-order valence-corrected chi connectivity index (χ1v) is 9.29. The lowest BCUT2D eigenvalue weighted by Gasteiger charge is -2.31. The number of nitrogens with zero attached hydrogens (tertiary/aromatic N) is 2. The third-order valence-corrected chi connectivity index (χ3v) is 5.02. The van der Waals surface area contributed by atoms with Crippen molar-refractivity contribution >= 4 is 23.6 Å². The van der Waals surface area contributed by atoms with E-state index in [0.717, 1.165) is 18.4 Å². The van der Waals surface area contributed by atoms with Crippen LogP contribution in [-0.4, -0.2) is 46.6 Å². The Morgan fingerprint density at radius 1 is 1.28 bits per heavy atom. The van der Waals surface area contributed by atoms with Crippen LogP contribution < -0.4 is 5.32 Å². The van der Waals surface area contributed by atoms with Gasteiger partial charge in [-0.1, -0.05) is 42.1 Å². The van der Waals surface area contributed by atoms with E-state index >= 15 is 0 Å². The van der Waals surface area contributed by atoms with Crippen molar-refractivity contribution in [2.24, 2.45) is 0 Å². The molecule has 2 heterocycles. The van der Waals surface area contributed by atoms with Gasteiger partial charge in [0.05, 0.1) is 11.9 Å². The lowest BCUT2D eigenvalue weighted by Crippen LogP contribution is -2.46. The molecule has 0 unspecified atom stereocenters. The summed E-state index contributed by atoms with van der Waals surface area (Å²) < 4.78 is 5.68. The van der Waals surface area contributed by atoms with Crippen LogP contribution in [0.4, 0.5) is 0 Å². The molecule has 1 aromatic heterocycles. The number of likely N-dealkylation sites (tertiary alicyclic amines) is 1. The number of benzene rings is 1. The van der Waals surface area contributed by atoms with Crippen molar-refractivity contribution < 1.29 is 14.0 Å². The van der Waals surface area contributed by atoms with Gasteiger partial charge < -0.3 is 14.6 Å². The van der Waals surface area contributed by atoms with E-state index in [0.29, 0.717) is 24.1 Å². The van der Waals surface area contributed by atoms with E-state index in [-0.39, 0.29) is 23.6 Å². The Morgan fingerprint density at radius 3 is 2.68 bits per heavy atom. The highest BCUT2D eigenvalue weighted by Gasteiger charge is 2.22. The Labute approximate surface area is 151 Å². The zero-order valence-electron chi connectivity index (χ0n) is 14.1. The predicted octanol–water partition coefficient (Wildman–Crippen LogP) is 2.56. The number of rotatable bonds is 5. The van der Waals surface area contributed by atoms with Crippen LogP contribution in [0.3, 0.4) is 0 Å². The van der Waals surface area contributed by atoms with Gasteiger partial charge in [0, 0.05) is 31.6 Å². The molecular weight excluding hydrogens is 338 g/mol. The predicted molar refractivity (Wildman–Crippen MR) is 96.1 cm³/mol. The van der Waals surface area contributed by atoms with Gasteiger partial charge in [-0.3, -0.25) is 9.59 Å². The van der Waals surface area contributed by atoms with Gasteiger partial charge in [-0.15, -0.1) is 0 Å². The number of aromatic nitrogens is 1. The van der Waals surface area contributed by atoms with Gasteiger partial charge in [-0.05, 0) is 12.8 Å². The number of thioether (sulfide) groups is 1. The first-order valence-electron chi connectivity index (χ1n) is 8.31. The van der Waals surface area contributed by atoms with E-state index in [2.05, 4.69) is 10.3 Å². The summed E-state index contributed by atoms with van der Waals surface area (Å²) >= 11 is 1.28. The summed E-state index contributed by atoms with van der Waals surface area (Å²) in [6.45, 7) is 2.98. The van der Waals surface area contributed by atoms with Crippen LogP contribution in [0.5, 0.6) is 0 Å². The van der Waals surface area contributed by atoms with Crippen LogP contribution in [0, 0.1) is 0 Å². The van der Waals surface area contributed by atoms with Crippen LogP contribution in [0.1, 0.15) is 19.8 Å². The highest BCUT2D eigenvalue weighted by atomic mass is 32.2. The number of piperidine rings is 1. The highest BCUT2D eigenvalue weighted by molar-refractivity contribution is 7.99. The average Bonchev–Trinajstić information content (AvgIpc) is 3.10. The van der Waals surface area contributed by atoms with E-state index in [1.54, 1.807) is 13.1 Å². The molecule has 25 heavy (non-hydrogen) atoms. The monoisotopic (exact) mass is 359 g/mol. The fourth-order valence-electron chi connectivity index (χ4n) is 2.80. The highest BCUT2D eigenvalue weighted by Crippen LogP contribution is 2.25. The molecule has 0 atom stereocenters. The average molecular weight is 359 g/mol. The van der Waals surface area contributed by atoms with Crippen molar-refractivity contribution in [1.82, 2.24) is 15.2 Å². The number of oxazole rings is 1. The third-order valence-electron chi connectivity index (χ3n) is 4.17. The van der Waals surface area contributed by atoms with E-state index in [1.165, 1.54) is 11.8 Å². The number of carbonyl (C=O) groups is 2. The normalized spacial score (nSPS) is 15.2. The molecule has 1 aromatic carbocycles. The van der Waals surface area contributed by atoms with Gasteiger partial charge in [0.15, 0.2) is 5.76 Å². The van der Waals surface area contributed by atoms with E-state index in [9.17, 15) is 9.59 Å². The Morgan fingerprint density at radius 2 is 2.00 bits per heavy atom. The summed E-state index contributed by atoms with van der Waals surface area (Å²) in [5.74, 6) is 1.02. The van der Waals surface area contributed by atoms with Crippen LogP contribution in [0.15, 0.2) is 46.2 Å². The SMILES string of the molecule is CC(=O)N1CCC(NC(=O)CSc2ncc(-c3ccccc3)o2)CC1. The summed E-state index contributed by atoms with van der Waals surface area (Å²) in [7, 11) is 0. The zero-order chi connectivity index (χ0) is 17.6. The minimum Gasteiger partial charge on any atom is -0.431 e. The fourth-order valence-corrected chi connectivity index (χ4v) is 3.41. The number of amides is 2. The maximum absolute atomic E-state index is 12.1. The molecule has 2 amide bonds. The number of hydrogen-bond donors (Lipinski definition) is 1. The van der Waals surface area contributed by atoms with Crippen LogP contribution in [-0.2, 0) is 9.59 Å². The second-order valence-electron chi connectivity index (χ2n) is 5.99. The molecule has 6 nitrogen and oxygen atoms in total. The number of nitrogens with one attached hydrogen (secondary N) is 1. The molecule has 7 heteroatoms. The molecule has 1 fully saturated rings. The van der Waals surface area contributed by atoms with Crippen LogP contribution in [0.25, 0.3) is 11.3 Å². The lowest BCUT2D eigenvalue weighted by molar-refractivity contribution is -0.130. The Hall–Kier alpha value is -2.28. The van der Waals surface area contributed by atoms with Gasteiger partial charge in [0.1, 0.15) is 0 Å². The molecule has 1 saturated heterocycles. The zero-order valence-corrected chi connectivity index (χ0v) is 14.9. The van der Waals surface area contributed by atoms with Gasteiger partial charge in [-0.25, -0.2) is 4.98 Å². The molecular formula is C18H21N3O3S. The molecule has 1 aliphatic rings. The fraction of sp³-hybridized carbons (Fsp3) is 0.389. The Bertz CT molecular complexity index is 724. The molecule has 2 aromatic rings. The first kappa shape index (κ1) is 17.5. The molecule has 0 bridgehead atoms. The molecule has 0 aliphatic carbocycles. The van der Waals surface area contributed by atoms with Crippen LogP contribution in [0.2, 0.25) is 0 Å². The first-order chi connectivity index (χ1) is 12.1. The van der Waals surface area contributed by atoms with Crippen molar-refractivity contribution in [2.45, 2.75) is 31.0 Å². The maximum atomic E-state index is 12.1. The molecule has 1 aliphatic heterocycles. The molecule has 3 rings (SSSR count). The summed E-state index contributed by atoms with van der Waals surface area (Å²) in [5.41, 5.74) is 0.962. The molecule has 0 saturated carbocycles. The minimum absolute atomic E-state index is 0.0364. The smallest absolute Gasteiger partial charge is 0.256 e. The molecule has 132 valence electrons. The maximum Gasteiger partial charge on any atom is 0.256 e. The van der Waals surface area contributed by atoms with Crippen LogP contribution >= 0.6 is 11.8 Å². The second kappa shape index (κ2) is 8.20. The van der Waals surface area contributed by atoms with E-state index in [1.807, 2.05) is 35.2 Å². The Kier molecular flexibility index (Phi) is 5.75. The van der Waals surface area contributed by atoms with Gasteiger partial charge in [-0.2, -0.15) is 0 Å². The minimum atomic E-state index is -0.0364. The van der Waals surface area contributed by atoms with Crippen molar-refractivity contribution in [3.05, 3.63) is 36.5 Å². The number of hydrogen-bond acceptors (Lipinski definition) is 5. The summed E-state index contributed by atoms with van der Waals surface area (Å²) in [5, 5.41) is 3.51. The third kappa shape index (κ3) is 4.85. The second-order valence-corrected chi connectivity index (χ2v) is 6.92. The lowest BCUT2D eigenvalue weighted by atomic mass is 10.1. The van der Waals surface area contributed by atoms with Gasteiger partial charge in [0.2, 0.25) is 11.8 Å². The van der Waals surface area contributed by atoms with E-state index in [4.69, 9.17) is 4.42 Å². The van der Waals surface area contributed by atoms with Crippen molar-refractivity contribution in [3.63, 3.8) is 0 Å². The summed E-state index contributed by atoms with van der Waals surface area (Å²) in [4.78, 5) is 29.4. The topological polar surface area (TPSA) is 75.4 Å². The van der Waals surface area contributed by atoms with Gasteiger partial charge >= 0.3 is 0 Å². The molecule has 1 N–H and O–H groups in total. The molecule has 0 radical (unpaired) electrons. The summed E-state index contributed by atoms with van der Waals surface area (Å²) in [6.07, 6.45) is 3.27. The van der Waals surface area contributed by atoms with Gasteiger partial charge in [0.25, 0.3) is 5.22 Å². The van der Waals surface area contributed by atoms with E-state index < -0.39 is 0 Å². The van der Waals surface area contributed by atoms with Crippen molar-refractivity contribution in [3.8, 4) is 11.3 Å². The Balaban J connectivity index is 1.44. The summed E-state index contributed by atoms with van der Waals surface area (Å²) in [6, 6.07) is 9.86. The number of carbonyl (C=O) groups excluding carboxylic acids is 2. The quantitative estimate of drug-likeness (QED) is 0.831. The largest absolute Gasteiger partial charge is 0.431 e. The standard InChI is InChI=1S/C18H21N3O3S/c1-13(22)21-9-7-15(8-10-21)20-17(23)12-25-18-19-11-16(24-18)14-5-3-2-4-6-14/h2-6,11,15H,7-10,12H2,1H3,(H,20,23). The van der Waals surface area contributed by atoms with Crippen molar-refractivity contribution in [2.75, 3.05) is 18.8 Å².